The van der Waals surface area contributed by atoms with Gasteiger partial charge in [0.25, 0.3) is 5.91 Å². The lowest BCUT2D eigenvalue weighted by Crippen LogP contribution is -2.51. The number of amides is 1. The van der Waals surface area contributed by atoms with Crippen molar-refractivity contribution >= 4 is 16.7 Å². The van der Waals surface area contributed by atoms with Gasteiger partial charge >= 0.3 is 5.92 Å². The number of hydrogen-bond acceptors (Lipinski definition) is 5. The summed E-state index contributed by atoms with van der Waals surface area (Å²) < 4.78 is 35.5. The minimum atomic E-state index is -3.58. The van der Waals surface area contributed by atoms with Crippen LogP contribution < -0.4 is 10.1 Å². The first-order valence-corrected chi connectivity index (χ1v) is 12.9. The molecule has 0 radical (unpaired) electrons. The first-order chi connectivity index (χ1) is 17.7. The summed E-state index contributed by atoms with van der Waals surface area (Å²) in [6.07, 6.45) is 1.66. The standard InChI is InChI=1S/C29H35F2N3O3/c1-20(2)37-26-12-11-24(18-32-26)27(35)25(19-34-15-5-6-16-34)33-28(36)29(30,31)14-13-21-9-10-22-7-3-4-8-23(22)17-21/h3-4,7-12,17-18,20,25,27,35H,5-6,13-16,19H2,1-2H3,(H,33,36). The van der Waals surface area contributed by atoms with E-state index in [4.69, 9.17) is 4.74 Å². The van der Waals surface area contributed by atoms with Gasteiger partial charge in [-0.05, 0) is 68.6 Å². The minimum absolute atomic E-state index is 0.0534. The van der Waals surface area contributed by atoms with Crippen LogP contribution in [0.5, 0.6) is 5.88 Å². The van der Waals surface area contributed by atoms with Gasteiger partial charge in [0.05, 0.1) is 12.1 Å². The number of nitrogens with zero attached hydrogens (tertiary/aromatic N) is 2. The number of alkyl halides is 2. The van der Waals surface area contributed by atoms with Crippen LogP contribution in [-0.2, 0) is 11.2 Å². The van der Waals surface area contributed by atoms with Crippen molar-refractivity contribution in [3.8, 4) is 5.88 Å². The number of benzene rings is 2. The van der Waals surface area contributed by atoms with Gasteiger partial charge in [-0.25, -0.2) is 4.98 Å². The normalized spacial score (nSPS) is 16.2. The molecule has 1 saturated heterocycles. The van der Waals surface area contributed by atoms with E-state index in [1.165, 1.54) is 6.20 Å². The maximum Gasteiger partial charge on any atom is 0.324 e. The molecule has 1 aromatic heterocycles. The highest BCUT2D eigenvalue weighted by Gasteiger charge is 2.40. The lowest BCUT2D eigenvalue weighted by Gasteiger charge is -2.30. The van der Waals surface area contributed by atoms with Gasteiger partial charge in [-0.3, -0.25) is 4.79 Å². The van der Waals surface area contributed by atoms with Crippen LogP contribution in [0.4, 0.5) is 8.78 Å². The van der Waals surface area contributed by atoms with Gasteiger partial charge < -0.3 is 20.1 Å². The fraction of sp³-hybridized carbons (Fsp3) is 0.448. The summed E-state index contributed by atoms with van der Waals surface area (Å²) in [6.45, 7) is 5.64. The topological polar surface area (TPSA) is 74.7 Å². The van der Waals surface area contributed by atoms with E-state index in [9.17, 15) is 18.7 Å². The molecule has 2 N–H and O–H groups in total. The number of carbonyl (C=O) groups excluding carboxylic acids is 1. The van der Waals surface area contributed by atoms with E-state index in [0.29, 0.717) is 11.4 Å². The quantitative estimate of drug-likeness (QED) is 0.383. The molecule has 1 amide bonds. The molecule has 2 unspecified atom stereocenters. The summed E-state index contributed by atoms with van der Waals surface area (Å²) in [5, 5.41) is 15.5. The molecule has 1 aliphatic rings. The van der Waals surface area contributed by atoms with Crippen molar-refractivity contribution in [2.75, 3.05) is 19.6 Å². The second-order valence-electron chi connectivity index (χ2n) is 10.0. The van der Waals surface area contributed by atoms with Crippen LogP contribution in [0.15, 0.2) is 60.8 Å². The highest BCUT2D eigenvalue weighted by molar-refractivity contribution is 5.84. The highest BCUT2D eigenvalue weighted by Crippen LogP contribution is 2.26. The first kappa shape index (κ1) is 26.9. The molecular formula is C29H35F2N3O3. The number of likely N-dealkylation sites (tertiary alicyclic amines) is 1. The molecule has 0 bridgehead atoms. The fourth-order valence-electron chi connectivity index (χ4n) is 4.66. The molecule has 0 aliphatic carbocycles. The maximum absolute atomic E-state index is 15.0. The molecule has 0 spiro atoms. The number of aryl methyl sites for hydroxylation is 1. The van der Waals surface area contributed by atoms with Crippen molar-refractivity contribution in [2.24, 2.45) is 0 Å². The van der Waals surface area contributed by atoms with Crippen molar-refractivity contribution in [1.29, 1.82) is 0 Å². The van der Waals surface area contributed by atoms with Crippen LogP contribution in [0, 0.1) is 0 Å². The zero-order valence-electron chi connectivity index (χ0n) is 21.4. The monoisotopic (exact) mass is 511 g/mol. The first-order valence-electron chi connectivity index (χ1n) is 12.9. The van der Waals surface area contributed by atoms with Gasteiger partial charge in [-0.15, -0.1) is 0 Å². The Kier molecular flexibility index (Phi) is 8.71. The van der Waals surface area contributed by atoms with E-state index < -0.39 is 30.4 Å². The van der Waals surface area contributed by atoms with Crippen LogP contribution in [-0.4, -0.2) is 58.6 Å². The number of aromatic nitrogens is 1. The van der Waals surface area contributed by atoms with E-state index in [2.05, 4.69) is 15.2 Å². The minimum Gasteiger partial charge on any atom is -0.475 e. The molecule has 2 atom stereocenters. The predicted molar refractivity (Wildman–Crippen MR) is 140 cm³/mol. The molecule has 6 nitrogen and oxygen atoms in total. The molecule has 3 aromatic rings. The fourth-order valence-corrected chi connectivity index (χ4v) is 4.66. The summed E-state index contributed by atoms with van der Waals surface area (Å²) in [5.41, 5.74) is 1.18. The van der Waals surface area contributed by atoms with Crippen LogP contribution in [0.3, 0.4) is 0 Å². The smallest absolute Gasteiger partial charge is 0.324 e. The number of aliphatic hydroxyl groups is 1. The number of fused-ring (bicyclic) bond motifs is 1. The van der Waals surface area contributed by atoms with E-state index >= 15 is 0 Å². The van der Waals surface area contributed by atoms with E-state index in [-0.39, 0.29) is 19.1 Å². The molecule has 1 fully saturated rings. The summed E-state index contributed by atoms with van der Waals surface area (Å²) >= 11 is 0. The van der Waals surface area contributed by atoms with Crippen LogP contribution >= 0.6 is 0 Å². The maximum atomic E-state index is 15.0. The number of carbonyl (C=O) groups is 1. The average Bonchev–Trinajstić information content (AvgIpc) is 3.40. The number of nitrogens with one attached hydrogen (secondary N) is 1. The Bertz CT molecular complexity index is 1180. The summed E-state index contributed by atoms with van der Waals surface area (Å²) in [4.78, 5) is 19.1. The molecule has 4 rings (SSSR count). The Morgan fingerprint density at radius 2 is 1.84 bits per heavy atom. The van der Waals surface area contributed by atoms with E-state index in [0.717, 1.165) is 42.3 Å². The Morgan fingerprint density at radius 3 is 2.51 bits per heavy atom. The van der Waals surface area contributed by atoms with Crippen LogP contribution in [0.1, 0.15) is 50.3 Å². The summed E-state index contributed by atoms with van der Waals surface area (Å²) in [7, 11) is 0. The third-order valence-electron chi connectivity index (χ3n) is 6.68. The Morgan fingerprint density at radius 1 is 1.11 bits per heavy atom. The average molecular weight is 512 g/mol. The molecule has 1 aliphatic heterocycles. The predicted octanol–water partition coefficient (Wildman–Crippen LogP) is 4.90. The molecule has 8 heteroatoms. The number of hydrogen-bond donors (Lipinski definition) is 2. The van der Waals surface area contributed by atoms with E-state index in [1.807, 2.05) is 56.3 Å². The van der Waals surface area contributed by atoms with Gasteiger partial charge in [0.15, 0.2) is 0 Å². The van der Waals surface area contributed by atoms with Gasteiger partial charge in [0.1, 0.15) is 6.10 Å². The Labute approximate surface area is 216 Å². The Hall–Kier alpha value is -3.10. The van der Waals surface area contributed by atoms with Crippen LogP contribution in [0.25, 0.3) is 10.8 Å². The molecule has 198 valence electrons. The van der Waals surface area contributed by atoms with Crippen molar-refractivity contribution in [2.45, 2.75) is 63.7 Å². The van der Waals surface area contributed by atoms with Gasteiger partial charge in [0, 0.05) is 30.8 Å². The van der Waals surface area contributed by atoms with Gasteiger partial charge in [-0.2, -0.15) is 8.78 Å². The molecule has 2 heterocycles. The largest absolute Gasteiger partial charge is 0.475 e. The number of ether oxygens (including phenoxy) is 1. The van der Waals surface area contributed by atoms with Gasteiger partial charge in [-0.1, -0.05) is 42.5 Å². The SMILES string of the molecule is CC(C)Oc1ccc(C(O)C(CN2CCCC2)NC(=O)C(F)(F)CCc2ccc3ccccc3c2)cn1. The summed E-state index contributed by atoms with van der Waals surface area (Å²) in [5.74, 6) is -4.54. The second kappa shape index (κ2) is 12.0. The lowest BCUT2D eigenvalue weighted by molar-refractivity contribution is -0.148. The highest BCUT2D eigenvalue weighted by atomic mass is 19.3. The van der Waals surface area contributed by atoms with E-state index in [1.54, 1.807) is 12.1 Å². The van der Waals surface area contributed by atoms with Gasteiger partial charge in [0.2, 0.25) is 5.88 Å². The van der Waals surface area contributed by atoms with Crippen LogP contribution in [0.2, 0.25) is 0 Å². The number of rotatable bonds is 11. The zero-order valence-corrected chi connectivity index (χ0v) is 21.4. The molecule has 2 aromatic carbocycles. The van der Waals surface area contributed by atoms with Crippen molar-refractivity contribution in [1.82, 2.24) is 15.2 Å². The third kappa shape index (κ3) is 7.23. The van der Waals surface area contributed by atoms with Crippen molar-refractivity contribution < 1.29 is 23.4 Å². The number of aliphatic hydroxyl groups excluding tert-OH is 1. The molecule has 0 saturated carbocycles. The lowest BCUT2D eigenvalue weighted by atomic mass is 10.0. The molecule has 37 heavy (non-hydrogen) atoms. The number of pyridine rings is 1. The second-order valence-corrected chi connectivity index (χ2v) is 10.0. The zero-order chi connectivity index (χ0) is 26.4. The van der Waals surface area contributed by atoms with Crippen molar-refractivity contribution in [3.05, 3.63) is 71.9 Å². The van der Waals surface area contributed by atoms with Crippen molar-refractivity contribution in [3.63, 3.8) is 0 Å². The summed E-state index contributed by atoms with van der Waals surface area (Å²) in [6, 6.07) is 15.7. The third-order valence-corrected chi connectivity index (χ3v) is 6.68. The number of halogens is 2. The Balaban J connectivity index is 1.43. The molecular weight excluding hydrogens is 476 g/mol.